The number of nitrogens with one attached hydrogen (secondary N) is 1. The monoisotopic (exact) mass is 474 g/mol. The van der Waals surface area contributed by atoms with Crippen LogP contribution >= 0.6 is 11.6 Å². The Morgan fingerprint density at radius 3 is 2.44 bits per heavy atom. The zero-order chi connectivity index (χ0) is 23.7. The number of carbonyl (C=O) groups is 1. The van der Waals surface area contributed by atoms with Crippen molar-refractivity contribution in [2.45, 2.75) is 25.3 Å². The molecular weight excluding hydrogens is 452 g/mol. The molecule has 3 aromatic carbocycles. The number of non-ortho nitro benzene ring substituents is 1. The number of fused-ring (bicyclic) bond motifs is 1. The molecular formula is C26H23ClN4O3. The van der Waals surface area contributed by atoms with Crippen molar-refractivity contribution in [2.75, 3.05) is 18.4 Å². The van der Waals surface area contributed by atoms with E-state index in [0.29, 0.717) is 27.7 Å². The SMILES string of the molecule is O=C1Nc2ccc([N+](=O)[O-])cc2C1C(=Nc1ccc(CN2CCCC2)cc1)c1ccc(Cl)cc1. The van der Waals surface area contributed by atoms with Gasteiger partial charge in [-0.1, -0.05) is 35.9 Å². The maximum atomic E-state index is 13.0. The van der Waals surface area contributed by atoms with E-state index < -0.39 is 10.8 Å². The predicted molar refractivity (Wildman–Crippen MR) is 133 cm³/mol. The lowest BCUT2D eigenvalue weighted by atomic mass is 9.90. The molecule has 3 aromatic rings. The highest BCUT2D eigenvalue weighted by Gasteiger charge is 2.36. The molecule has 0 radical (unpaired) electrons. The number of rotatable bonds is 6. The first-order valence-corrected chi connectivity index (χ1v) is 11.6. The molecule has 5 rings (SSSR count). The van der Waals surface area contributed by atoms with Crippen LogP contribution in [-0.2, 0) is 11.3 Å². The zero-order valence-electron chi connectivity index (χ0n) is 18.4. The molecule has 8 heteroatoms. The van der Waals surface area contributed by atoms with Crippen molar-refractivity contribution in [1.29, 1.82) is 0 Å². The third-order valence-electron chi connectivity index (χ3n) is 6.28. The molecule has 0 saturated carbocycles. The van der Waals surface area contributed by atoms with Gasteiger partial charge in [-0.05, 0) is 67.4 Å². The molecule has 0 spiro atoms. The second kappa shape index (κ2) is 9.37. The van der Waals surface area contributed by atoms with E-state index in [1.54, 1.807) is 18.2 Å². The van der Waals surface area contributed by atoms with Crippen molar-refractivity contribution >= 4 is 40.3 Å². The number of likely N-dealkylation sites (tertiary alicyclic amines) is 1. The molecule has 0 bridgehead atoms. The van der Waals surface area contributed by atoms with Crippen LogP contribution in [0.1, 0.15) is 35.4 Å². The molecule has 1 N–H and O–H groups in total. The molecule has 0 aromatic heterocycles. The molecule has 0 aliphatic carbocycles. The standard InChI is InChI=1S/C26H23ClN4O3/c27-19-7-5-18(6-8-19)25(24-22-15-21(31(33)34)11-12-23(22)29-26(24)32)28-20-9-3-17(4-10-20)16-30-13-1-2-14-30/h3-12,15,24H,1-2,13-14,16H2,(H,29,32). The molecule has 1 fully saturated rings. The Balaban J connectivity index is 1.54. The van der Waals surface area contributed by atoms with Crippen LogP contribution in [0.5, 0.6) is 0 Å². The first kappa shape index (κ1) is 22.3. The molecule has 34 heavy (non-hydrogen) atoms. The Morgan fingerprint density at radius 2 is 1.76 bits per heavy atom. The highest BCUT2D eigenvalue weighted by atomic mass is 35.5. The third-order valence-corrected chi connectivity index (χ3v) is 6.53. The molecule has 172 valence electrons. The predicted octanol–water partition coefficient (Wildman–Crippen LogP) is 5.70. The van der Waals surface area contributed by atoms with Gasteiger partial charge >= 0.3 is 0 Å². The molecule has 1 atom stereocenters. The number of nitrogens with zero attached hydrogens (tertiary/aromatic N) is 3. The second-order valence-electron chi connectivity index (χ2n) is 8.60. The number of aliphatic imine (C=N–C) groups is 1. The quantitative estimate of drug-likeness (QED) is 0.282. The number of nitro benzene ring substituents is 1. The van der Waals surface area contributed by atoms with Crippen LogP contribution in [0.15, 0.2) is 71.7 Å². The highest BCUT2D eigenvalue weighted by molar-refractivity contribution is 6.31. The van der Waals surface area contributed by atoms with Crippen molar-refractivity contribution in [2.24, 2.45) is 4.99 Å². The third kappa shape index (κ3) is 4.58. The summed E-state index contributed by atoms with van der Waals surface area (Å²) in [7, 11) is 0. The Kier molecular flexibility index (Phi) is 6.13. The van der Waals surface area contributed by atoms with Gasteiger partial charge in [-0.15, -0.1) is 0 Å². The van der Waals surface area contributed by atoms with Gasteiger partial charge in [0, 0.05) is 35.0 Å². The van der Waals surface area contributed by atoms with Gasteiger partial charge in [-0.3, -0.25) is 24.8 Å². The van der Waals surface area contributed by atoms with Gasteiger partial charge in [-0.2, -0.15) is 0 Å². The number of amides is 1. The zero-order valence-corrected chi connectivity index (χ0v) is 19.2. The van der Waals surface area contributed by atoms with Crippen molar-refractivity contribution in [3.05, 3.63) is 98.6 Å². The maximum Gasteiger partial charge on any atom is 0.269 e. The summed E-state index contributed by atoms with van der Waals surface area (Å²) in [5.41, 5.74) is 4.20. The summed E-state index contributed by atoms with van der Waals surface area (Å²) in [6, 6.07) is 19.5. The summed E-state index contributed by atoms with van der Waals surface area (Å²) in [4.78, 5) is 31.2. The van der Waals surface area contributed by atoms with E-state index in [1.807, 2.05) is 24.3 Å². The van der Waals surface area contributed by atoms with E-state index in [9.17, 15) is 14.9 Å². The van der Waals surface area contributed by atoms with Crippen LogP contribution in [0.3, 0.4) is 0 Å². The number of nitro groups is 1. The summed E-state index contributed by atoms with van der Waals surface area (Å²) < 4.78 is 0. The Morgan fingerprint density at radius 1 is 1.06 bits per heavy atom. The minimum absolute atomic E-state index is 0.0676. The lowest BCUT2D eigenvalue weighted by Gasteiger charge is -2.15. The van der Waals surface area contributed by atoms with Crippen LogP contribution in [0, 0.1) is 10.1 Å². The van der Waals surface area contributed by atoms with Crippen molar-refractivity contribution < 1.29 is 9.72 Å². The fraction of sp³-hybridized carbons (Fsp3) is 0.231. The summed E-state index contributed by atoms with van der Waals surface area (Å²) in [5.74, 6) is -1.05. The smallest absolute Gasteiger partial charge is 0.269 e. The Labute approximate surface area is 202 Å². The minimum Gasteiger partial charge on any atom is -0.325 e. The first-order valence-electron chi connectivity index (χ1n) is 11.2. The van der Waals surface area contributed by atoms with Gasteiger partial charge in [0.1, 0.15) is 5.92 Å². The first-order chi connectivity index (χ1) is 16.5. The van der Waals surface area contributed by atoms with Crippen LogP contribution in [0.2, 0.25) is 5.02 Å². The second-order valence-corrected chi connectivity index (χ2v) is 9.04. The molecule has 2 heterocycles. The topological polar surface area (TPSA) is 87.8 Å². The average molecular weight is 475 g/mol. The van der Waals surface area contributed by atoms with Gasteiger partial charge in [0.15, 0.2) is 0 Å². The minimum atomic E-state index is -0.777. The van der Waals surface area contributed by atoms with E-state index in [-0.39, 0.29) is 11.6 Å². The molecule has 2 aliphatic heterocycles. The van der Waals surface area contributed by atoms with Crippen LogP contribution in [0.25, 0.3) is 0 Å². The van der Waals surface area contributed by atoms with E-state index in [4.69, 9.17) is 16.6 Å². The summed E-state index contributed by atoms with van der Waals surface area (Å²) in [5, 5.41) is 14.8. The van der Waals surface area contributed by atoms with Crippen molar-refractivity contribution in [1.82, 2.24) is 4.90 Å². The highest BCUT2D eigenvalue weighted by Crippen LogP contribution is 2.38. The summed E-state index contributed by atoms with van der Waals surface area (Å²) in [6.45, 7) is 3.17. The van der Waals surface area contributed by atoms with E-state index in [1.165, 1.54) is 30.5 Å². The van der Waals surface area contributed by atoms with Gasteiger partial charge in [0.05, 0.1) is 16.3 Å². The Hall–Kier alpha value is -3.55. The van der Waals surface area contributed by atoms with Crippen LogP contribution < -0.4 is 5.32 Å². The molecule has 2 aliphatic rings. The number of benzene rings is 3. The number of anilines is 1. The Bertz CT molecular complexity index is 1270. The van der Waals surface area contributed by atoms with Crippen molar-refractivity contribution in [3.8, 4) is 0 Å². The molecule has 1 amide bonds. The molecule has 7 nitrogen and oxygen atoms in total. The number of hydrogen-bond donors (Lipinski definition) is 1. The molecule has 1 saturated heterocycles. The van der Waals surface area contributed by atoms with Gasteiger partial charge in [0.25, 0.3) is 5.69 Å². The van der Waals surface area contributed by atoms with Crippen LogP contribution in [-0.4, -0.2) is 34.5 Å². The van der Waals surface area contributed by atoms with E-state index >= 15 is 0 Å². The van der Waals surface area contributed by atoms with E-state index in [2.05, 4.69) is 22.3 Å². The van der Waals surface area contributed by atoms with Gasteiger partial charge < -0.3 is 5.32 Å². The van der Waals surface area contributed by atoms with Crippen molar-refractivity contribution in [3.63, 3.8) is 0 Å². The number of carbonyl (C=O) groups excluding carboxylic acids is 1. The largest absolute Gasteiger partial charge is 0.325 e. The lowest BCUT2D eigenvalue weighted by Crippen LogP contribution is -2.22. The number of hydrogen-bond acceptors (Lipinski definition) is 5. The van der Waals surface area contributed by atoms with Gasteiger partial charge in [0.2, 0.25) is 5.91 Å². The van der Waals surface area contributed by atoms with E-state index in [0.717, 1.165) is 25.2 Å². The fourth-order valence-corrected chi connectivity index (χ4v) is 4.69. The normalized spacial score (nSPS) is 18.1. The average Bonchev–Trinajstić information content (AvgIpc) is 3.45. The summed E-state index contributed by atoms with van der Waals surface area (Å²) in [6.07, 6.45) is 2.49. The maximum absolute atomic E-state index is 13.0. The summed E-state index contributed by atoms with van der Waals surface area (Å²) >= 11 is 6.09. The number of halogens is 1. The van der Waals surface area contributed by atoms with Gasteiger partial charge in [-0.25, -0.2) is 0 Å². The fourth-order valence-electron chi connectivity index (χ4n) is 4.56. The molecule has 1 unspecified atom stereocenters. The van der Waals surface area contributed by atoms with Crippen LogP contribution in [0.4, 0.5) is 17.1 Å². The lowest BCUT2D eigenvalue weighted by molar-refractivity contribution is -0.384.